The summed E-state index contributed by atoms with van der Waals surface area (Å²) in [7, 11) is 0. The van der Waals surface area contributed by atoms with E-state index in [0.29, 0.717) is 0 Å². The van der Waals surface area contributed by atoms with Crippen LogP contribution in [0.2, 0.25) is 0 Å². The van der Waals surface area contributed by atoms with Gasteiger partial charge in [0.25, 0.3) is 0 Å². The van der Waals surface area contributed by atoms with Gasteiger partial charge in [-0.15, -0.1) is 0 Å². The fourth-order valence-electron chi connectivity index (χ4n) is 1.73. The van der Waals surface area contributed by atoms with Crippen LogP contribution in [0.15, 0.2) is 24.3 Å². The third-order valence-corrected chi connectivity index (χ3v) is 3.46. The number of anilines is 1. The van der Waals surface area contributed by atoms with Crippen LogP contribution in [0.5, 0.6) is 0 Å². The van der Waals surface area contributed by atoms with Crippen LogP contribution in [-0.4, -0.2) is 13.1 Å². The van der Waals surface area contributed by atoms with E-state index in [-0.39, 0.29) is 0 Å². The van der Waals surface area contributed by atoms with Gasteiger partial charge in [-0.25, -0.2) is 0 Å². The molecule has 3 N–H and O–H groups in total. The van der Waals surface area contributed by atoms with Crippen molar-refractivity contribution in [3.63, 3.8) is 0 Å². The maximum absolute atomic E-state index is 5.90. The lowest BCUT2D eigenvalue weighted by Crippen LogP contribution is -2.25. The van der Waals surface area contributed by atoms with Gasteiger partial charge in [0.15, 0.2) is 0 Å². The van der Waals surface area contributed by atoms with Crippen molar-refractivity contribution >= 4 is 5.69 Å². The topological polar surface area (TPSA) is 38.0 Å². The van der Waals surface area contributed by atoms with Gasteiger partial charge in [-0.05, 0) is 49.4 Å². The average molecular weight is 234 g/mol. The fraction of sp³-hybridized carbons (Fsp3) is 0.600. The second-order valence-corrected chi connectivity index (χ2v) is 5.23. The first kappa shape index (κ1) is 14.0. The largest absolute Gasteiger partial charge is 0.399 e. The van der Waals surface area contributed by atoms with Crippen LogP contribution in [0.25, 0.3) is 0 Å². The second-order valence-electron chi connectivity index (χ2n) is 5.23. The quantitative estimate of drug-likeness (QED) is 0.562. The average Bonchev–Trinajstić information content (AvgIpc) is 2.30. The van der Waals surface area contributed by atoms with Crippen LogP contribution >= 0.6 is 0 Å². The molecule has 0 spiro atoms. The molecule has 1 aromatic carbocycles. The molecule has 0 fully saturated rings. The van der Waals surface area contributed by atoms with Gasteiger partial charge in [-0.3, -0.25) is 0 Å². The van der Waals surface area contributed by atoms with E-state index >= 15 is 0 Å². The number of hydrogen-bond acceptors (Lipinski definition) is 2. The molecule has 0 saturated heterocycles. The lowest BCUT2D eigenvalue weighted by molar-refractivity contribution is 0.392. The maximum Gasteiger partial charge on any atom is 0.0346 e. The molecule has 1 atom stereocenters. The highest BCUT2D eigenvalue weighted by Crippen LogP contribution is 2.12. The zero-order valence-corrected chi connectivity index (χ0v) is 11.4. The molecule has 0 amide bonds. The number of hydrogen-bond donors (Lipinski definition) is 2. The van der Waals surface area contributed by atoms with E-state index in [0.717, 1.165) is 43.5 Å². The molecule has 0 aromatic heterocycles. The van der Waals surface area contributed by atoms with Gasteiger partial charge < -0.3 is 11.1 Å². The molecular formula is C15H26N2. The molecular weight excluding hydrogens is 208 g/mol. The van der Waals surface area contributed by atoms with Crippen LogP contribution in [-0.2, 0) is 6.42 Å². The number of nitrogens with one attached hydrogen (secondary N) is 1. The Morgan fingerprint density at radius 1 is 1.18 bits per heavy atom. The molecule has 1 aromatic rings. The highest BCUT2D eigenvalue weighted by molar-refractivity contribution is 5.46. The number of rotatable bonds is 7. The van der Waals surface area contributed by atoms with Crippen molar-refractivity contribution in [2.45, 2.75) is 33.6 Å². The number of nitrogen functional groups attached to an aromatic ring is 1. The Morgan fingerprint density at radius 2 is 1.88 bits per heavy atom. The van der Waals surface area contributed by atoms with Gasteiger partial charge in [0.1, 0.15) is 0 Å². The Labute approximate surface area is 106 Å². The molecule has 96 valence electrons. The normalized spacial score (nSPS) is 12.9. The molecule has 17 heavy (non-hydrogen) atoms. The van der Waals surface area contributed by atoms with Crippen LogP contribution in [0.3, 0.4) is 0 Å². The highest BCUT2D eigenvalue weighted by Gasteiger charge is 2.05. The van der Waals surface area contributed by atoms with E-state index in [2.05, 4.69) is 38.2 Å². The molecule has 0 aliphatic heterocycles. The van der Waals surface area contributed by atoms with Gasteiger partial charge >= 0.3 is 0 Å². The minimum absolute atomic E-state index is 0.747. The lowest BCUT2D eigenvalue weighted by atomic mass is 9.98. The Balaban J connectivity index is 2.15. The van der Waals surface area contributed by atoms with Crippen LogP contribution in [0.1, 0.15) is 32.8 Å². The second kappa shape index (κ2) is 7.33. The SMILES string of the molecule is CC(C)C(C)CNCCCc1ccccc1N. The molecule has 2 heteroatoms. The van der Waals surface area contributed by atoms with Crippen molar-refractivity contribution in [3.05, 3.63) is 29.8 Å². The van der Waals surface area contributed by atoms with Gasteiger partial charge in [0.05, 0.1) is 0 Å². The minimum atomic E-state index is 0.747. The summed E-state index contributed by atoms with van der Waals surface area (Å²) < 4.78 is 0. The van der Waals surface area contributed by atoms with E-state index in [1.165, 1.54) is 5.56 Å². The molecule has 0 saturated carbocycles. The van der Waals surface area contributed by atoms with Crippen molar-refractivity contribution in [2.24, 2.45) is 11.8 Å². The van der Waals surface area contributed by atoms with E-state index in [1.807, 2.05) is 12.1 Å². The van der Waals surface area contributed by atoms with Crippen molar-refractivity contribution in [2.75, 3.05) is 18.8 Å². The summed E-state index contributed by atoms with van der Waals surface area (Å²) in [5, 5.41) is 3.52. The van der Waals surface area contributed by atoms with Crippen LogP contribution in [0, 0.1) is 11.8 Å². The fourth-order valence-corrected chi connectivity index (χ4v) is 1.73. The maximum atomic E-state index is 5.90. The summed E-state index contributed by atoms with van der Waals surface area (Å²) in [6.07, 6.45) is 2.22. The summed E-state index contributed by atoms with van der Waals surface area (Å²) in [5.74, 6) is 1.50. The van der Waals surface area contributed by atoms with Gasteiger partial charge in [-0.1, -0.05) is 39.0 Å². The van der Waals surface area contributed by atoms with E-state index in [9.17, 15) is 0 Å². The zero-order valence-electron chi connectivity index (χ0n) is 11.4. The molecule has 0 heterocycles. The summed E-state index contributed by atoms with van der Waals surface area (Å²) in [5.41, 5.74) is 8.09. The number of aryl methyl sites for hydroxylation is 1. The zero-order chi connectivity index (χ0) is 12.7. The van der Waals surface area contributed by atoms with Crippen molar-refractivity contribution < 1.29 is 0 Å². The first-order valence-electron chi connectivity index (χ1n) is 6.65. The minimum Gasteiger partial charge on any atom is -0.399 e. The van der Waals surface area contributed by atoms with Crippen molar-refractivity contribution in [1.82, 2.24) is 5.32 Å². The van der Waals surface area contributed by atoms with Crippen molar-refractivity contribution in [3.8, 4) is 0 Å². The first-order valence-corrected chi connectivity index (χ1v) is 6.65. The Hall–Kier alpha value is -1.02. The Kier molecular flexibility index (Phi) is 6.06. The molecule has 0 bridgehead atoms. The van der Waals surface area contributed by atoms with Crippen LogP contribution < -0.4 is 11.1 Å². The summed E-state index contributed by atoms with van der Waals surface area (Å²) >= 11 is 0. The van der Waals surface area contributed by atoms with Gasteiger partial charge in [0, 0.05) is 5.69 Å². The van der Waals surface area contributed by atoms with Crippen LogP contribution in [0.4, 0.5) is 5.69 Å². The predicted octanol–water partition coefficient (Wildman–Crippen LogP) is 3.08. The molecule has 1 rings (SSSR count). The van der Waals surface area contributed by atoms with E-state index in [1.54, 1.807) is 0 Å². The van der Waals surface area contributed by atoms with Gasteiger partial charge in [0.2, 0.25) is 0 Å². The predicted molar refractivity (Wildman–Crippen MR) is 76.0 cm³/mol. The molecule has 0 aliphatic carbocycles. The molecule has 0 aliphatic rings. The lowest BCUT2D eigenvalue weighted by Gasteiger charge is -2.16. The summed E-state index contributed by atoms with van der Waals surface area (Å²) in [6, 6.07) is 8.14. The van der Waals surface area contributed by atoms with E-state index < -0.39 is 0 Å². The molecule has 0 radical (unpaired) electrons. The third kappa shape index (κ3) is 5.22. The monoisotopic (exact) mass is 234 g/mol. The summed E-state index contributed by atoms with van der Waals surface area (Å²) in [6.45, 7) is 9.04. The Bertz CT molecular complexity index is 320. The van der Waals surface area contributed by atoms with Gasteiger partial charge in [-0.2, -0.15) is 0 Å². The number of benzene rings is 1. The summed E-state index contributed by atoms with van der Waals surface area (Å²) in [4.78, 5) is 0. The number of nitrogens with two attached hydrogens (primary N) is 1. The van der Waals surface area contributed by atoms with Crippen molar-refractivity contribution in [1.29, 1.82) is 0 Å². The third-order valence-electron chi connectivity index (χ3n) is 3.46. The molecule has 1 unspecified atom stereocenters. The first-order chi connectivity index (χ1) is 8.11. The standard InChI is InChI=1S/C15H26N2/c1-12(2)13(3)11-17-10-6-8-14-7-4-5-9-15(14)16/h4-5,7,9,12-13,17H,6,8,10-11,16H2,1-3H3. The molecule has 2 nitrogen and oxygen atoms in total. The van der Waals surface area contributed by atoms with E-state index in [4.69, 9.17) is 5.73 Å². The smallest absolute Gasteiger partial charge is 0.0346 e. The highest BCUT2D eigenvalue weighted by atomic mass is 14.8. The Morgan fingerprint density at radius 3 is 2.53 bits per heavy atom. The number of para-hydroxylation sites is 1.